The molecule has 0 aliphatic carbocycles. The minimum Gasteiger partial charge on any atom is -0.335 e. The van der Waals surface area contributed by atoms with Crippen LogP contribution in [0.2, 0.25) is 0 Å². The molecule has 1 heterocycles. The Bertz CT molecular complexity index is 476. The predicted molar refractivity (Wildman–Crippen MR) is 81.0 cm³/mol. The molecule has 20 heavy (non-hydrogen) atoms. The quantitative estimate of drug-likeness (QED) is 0.842. The Morgan fingerprint density at radius 2 is 2.10 bits per heavy atom. The molecule has 3 N–H and O–H groups in total. The second-order valence-electron chi connectivity index (χ2n) is 4.87. The maximum Gasteiger partial charge on any atom is 0.245 e. The first-order valence-electron chi connectivity index (χ1n) is 6.23. The van der Waals surface area contributed by atoms with E-state index in [-0.39, 0.29) is 24.3 Å². The maximum atomic E-state index is 11.9. The Morgan fingerprint density at radius 1 is 1.45 bits per heavy atom. The van der Waals surface area contributed by atoms with Crippen LogP contribution in [-0.2, 0) is 9.59 Å². The molecule has 0 radical (unpaired) electrons. The Morgan fingerprint density at radius 3 is 2.60 bits per heavy atom. The summed E-state index contributed by atoms with van der Waals surface area (Å²) >= 11 is 3.26. The van der Waals surface area contributed by atoms with E-state index in [1.165, 1.54) is 4.90 Å². The lowest BCUT2D eigenvalue weighted by Gasteiger charge is -2.22. The Hall–Kier alpha value is -1.47. The monoisotopic (exact) mass is 342 g/mol. The number of hydrogen-bond acceptors (Lipinski definition) is 4. The van der Waals surface area contributed by atoms with Gasteiger partial charge >= 0.3 is 0 Å². The molecule has 1 aromatic rings. The summed E-state index contributed by atoms with van der Waals surface area (Å²) in [6.45, 7) is 3.67. The number of likely N-dealkylation sites (N-methyl/N-ethyl adjacent to an activating group) is 1. The van der Waals surface area contributed by atoms with E-state index in [1.807, 2.05) is 13.8 Å². The van der Waals surface area contributed by atoms with Crippen molar-refractivity contribution in [3.63, 3.8) is 0 Å². The van der Waals surface area contributed by atoms with Crippen molar-refractivity contribution in [2.24, 2.45) is 11.7 Å². The van der Waals surface area contributed by atoms with E-state index < -0.39 is 6.04 Å². The van der Waals surface area contributed by atoms with Crippen LogP contribution in [0, 0.1) is 5.92 Å². The molecule has 0 saturated carbocycles. The first kappa shape index (κ1) is 16.6. The fraction of sp³-hybridized carbons (Fsp3) is 0.462. The zero-order chi connectivity index (χ0) is 15.3. The molecule has 0 spiro atoms. The largest absolute Gasteiger partial charge is 0.335 e. The zero-order valence-electron chi connectivity index (χ0n) is 11.8. The number of aromatic nitrogens is 1. The van der Waals surface area contributed by atoms with Gasteiger partial charge < -0.3 is 16.0 Å². The third kappa shape index (κ3) is 4.90. The van der Waals surface area contributed by atoms with Gasteiger partial charge in [-0.3, -0.25) is 9.59 Å². The van der Waals surface area contributed by atoms with Crippen LogP contribution in [0.15, 0.2) is 22.8 Å². The van der Waals surface area contributed by atoms with E-state index in [9.17, 15) is 9.59 Å². The van der Waals surface area contributed by atoms with Crippen LogP contribution in [-0.4, -0.2) is 41.3 Å². The van der Waals surface area contributed by atoms with E-state index in [4.69, 9.17) is 5.73 Å². The Labute approximate surface area is 126 Å². The van der Waals surface area contributed by atoms with Crippen LogP contribution < -0.4 is 11.1 Å². The number of hydrogen-bond donors (Lipinski definition) is 2. The van der Waals surface area contributed by atoms with Crippen molar-refractivity contribution in [2.75, 3.05) is 18.9 Å². The first-order chi connectivity index (χ1) is 9.31. The molecule has 0 aliphatic heterocycles. The Kier molecular flexibility index (Phi) is 6.09. The summed E-state index contributed by atoms with van der Waals surface area (Å²) in [6.07, 6.45) is 1.58. The highest BCUT2D eigenvalue weighted by Gasteiger charge is 2.22. The van der Waals surface area contributed by atoms with E-state index in [0.717, 1.165) is 4.47 Å². The second kappa shape index (κ2) is 7.35. The minimum atomic E-state index is -0.599. The molecule has 7 heteroatoms. The number of nitrogens with one attached hydrogen (secondary N) is 1. The Balaban J connectivity index is 2.53. The van der Waals surface area contributed by atoms with E-state index >= 15 is 0 Å². The molecule has 0 fully saturated rings. The lowest BCUT2D eigenvalue weighted by molar-refractivity contribution is -0.135. The highest BCUT2D eigenvalue weighted by atomic mass is 79.9. The number of carbonyl (C=O) groups is 2. The fourth-order valence-electron chi connectivity index (χ4n) is 1.47. The summed E-state index contributed by atoms with van der Waals surface area (Å²) in [4.78, 5) is 29.1. The molecule has 1 atom stereocenters. The minimum absolute atomic E-state index is 0.0288. The van der Waals surface area contributed by atoms with Gasteiger partial charge in [-0.15, -0.1) is 0 Å². The molecular weight excluding hydrogens is 324 g/mol. The van der Waals surface area contributed by atoms with Crippen LogP contribution in [0.1, 0.15) is 13.8 Å². The molecule has 0 aliphatic rings. The van der Waals surface area contributed by atoms with E-state index in [0.29, 0.717) is 5.82 Å². The number of rotatable bonds is 5. The molecular formula is C13H19BrN4O2. The molecule has 0 unspecified atom stereocenters. The van der Waals surface area contributed by atoms with Gasteiger partial charge in [-0.05, 0) is 34.0 Å². The smallest absolute Gasteiger partial charge is 0.245 e. The summed E-state index contributed by atoms with van der Waals surface area (Å²) in [5.74, 6) is -0.0982. The van der Waals surface area contributed by atoms with Crippen LogP contribution >= 0.6 is 15.9 Å². The molecule has 0 aromatic carbocycles. The fourth-order valence-corrected chi connectivity index (χ4v) is 1.70. The summed E-state index contributed by atoms with van der Waals surface area (Å²) in [5.41, 5.74) is 5.77. The number of pyridine rings is 1. The second-order valence-corrected chi connectivity index (χ2v) is 5.79. The van der Waals surface area contributed by atoms with Crippen LogP contribution in [0.5, 0.6) is 0 Å². The van der Waals surface area contributed by atoms with Crippen molar-refractivity contribution >= 4 is 33.6 Å². The maximum absolute atomic E-state index is 11.9. The van der Waals surface area contributed by atoms with Crippen molar-refractivity contribution in [3.05, 3.63) is 22.8 Å². The molecule has 110 valence electrons. The number of halogens is 1. The van der Waals surface area contributed by atoms with E-state index in [2.05, 4.69) is 26.2 Å². The molecule has 1 aromatic heterocycles. The highest BCUT2D eigenvalue weighted by Crippen LogP contribution is 2.10. The van der Waals surface area contributed by atoms with Crippen molar-refractivity contribution < 1.29 is 9.59 Å². The summed E-state index contributed by atoms with van der Waals surface area (Å²) in [5, 5.41) is 2.62. The third-order valence-corrected chi connectivity index (χ3v) is 3.22. The number of carbonyl (C=O) groups excluding carboxylic acids is 2. The number of nitrogens with zero attached hydrogens (tertiary/aromatic N) is 2. The van der Waals surface area contributed by atoms with Gasteiger partial charge in [0.05, 0.1) is 12.6 Å². The zero-order valence-corrected chi connectivity index (χ0v) is 13.3. The van der Waals surface area contributed by atoms with Gasteiger partial charge in [0.2, 0.25) is 11.8 Å². The molecule has 0 saturated heterocycles. The van der Waals surface area contributed by atoms with Gasteiger partial charge in [-0.1, -0.05) is 13.8 Å². The molecule has 1 rings (SSSR count). The van der Waals surface area contributed by atoms with Gasteiger partial charge in [-0.25, -0.2) is 4.98 Å². The summed E-state index contributed by atoms with van der Waals surface area (Å²) < 4.78 is 0.825. The SMILES string of the molecule is CC(C)[C@H](N)C(=O)N(C)CC(=O)Nc1ccc(Br)cn1. The average Bonchev–Trinajstić information content (AvgIpc) is 2.39. The van der Waals surface area contributed by atoms with Crippen molar-refractivity contribution in [1.82, 2.24) is 9.88 Å². The average molecular weight is 343 g/mol. The lowest BCUT2D eigenvalue weighted by Crippen LogP contribution is -2.47. The summed E-state index contributed by atoms with van der Waals surface area (Å²) in [6, 6.07) is 2.84. The molecule has 2 amide bonds. The number of anilines is 1. The topological polar surface area (TPSA) is 88.3 Å². The van der Waals surface area contributed by atoms with Crippen molar-refractivity contribution in [3.8, 4) is 0 Å². The normalized spacial score (nSPS) is 12.1. The van der Waals surface area contributed by atoms with E-state index in [1.54, 1.807) is 25.4 Å². The van der Waals surface area contributed by atoms with Gasteiger partial charge in [0, 0.05) is 17.7 Å². The van der Waals surface area contributed by atoms with Gasteiger partial charge in [0.1, 0.15) is 5.82 Å². The van der Waals surface area contributed by atoms with Crippen LogP contribution in [0.4, 0.5) is 5.82 Å². The van der Waals surface area contributed by atoms with Gasteiger partial charge in [0.15, 0.2) is 0 Å². The third-order valence-electron chi connectivity index (χ3n) is 2.76. The summed E-state index contributed by atoms with van der Waals surface area (Å²) in [7, 11) is 1.55. The number of amides is 2. The predicted octanol–water partition coefficient (Wildman–Crippen LogP) is 1.22. The van der Waals surface area contributed by atoms with Crippen LogP contribution in [0.25, 0.3) is 0 Å². The van der Waals surface area contributed by atoms with Gasteiger partial charge in [0.25, 0.3) is 0 Å². The van der Waals surface area contributed by atoms with Crippen molar-refractivity contribution in [1.29, 1.82) is 0 Å². The first-order valence-corrected chi connectivity index (χ1v) is 7.02. The highest BCUT2D eigenvalue weighted by molar-refractivity contribution is 9.10. The molecule has 0 bridgehead atoms. The molecule has 6 nitrogen and oxygen atoms in total. The van der Waals surface area contributed by atoms with Crippen LogP contribution in [0.3, 0.4) is 0 Å². The van der Waals surface area contributed by atoms with Gasteiger partial charge in [-0.2, -0.15) is 0 Å². The van der Waals surface area contributed by atoms with Crippen molar-refractivity contribution in [2.45, 2.75) is 19.9 Å². The number of nitrogens with two attached hydrogens (primary N) is 1. The lowest BCUT2D eigenvalue weighted by atomic mass is 10.0. The standard InChI is InChI=1S/C13H19BrN4O2/c1-8(2)12(15)13(20)18(3)7-11(19)17-10-5-4-9(14)6-16-10/h4-6,8,12H,7,15H2,1-3H3,(H,16,17,19)/t12-/m0/s1.